The maximum atomic E-state index is 13.2. The first-order chi connectivity index (χ1) is 14.2. The molecule has 0 radical (unpaired) electrons. The van der Waals surface area contributed by atoms with Crippen LogP contribution in [0.3, 0.4) is 0 Å². The first-order valence-electron chi connectivity index (χ1n) is 10.3. The van der Waals surface area contributed by atoms with Gasteiger partial charge in [-0.2, -0.15) is 0 Å². The molecule has 1 fully saturated rings. The van der Waals surface area contributed by atoms with E-state index in [4.69, 9.17) is 4.43 Å². The van der Waals surface area contributed by atoms with Crippen molar-refractivity contribution in [1.29, 1.82) is 0 Å². The molecule has 1 aromatic carbocycles. The van der Waals surface area contributed by atoms with E-state index in [-0.39, 0.29) is 16.7 Å². The van der Waals surface area contributed by atoms with E-state index < -0.39 is 8.32 Å². The fourth-order valence-corrected chi connectivity index (χ4v) is 5.55. The van der Waals surface area contributed by atoms with Crippen LogP contribution in [0, 0.1) is 5.92 Å². The largest absolute Gasteiger partial charge is 0.543 e. The van der Waals surface area contributed by atoms with Crippen LogP contribution in [-0.2, 0) is 0 Å². The van der Waals surface area contributed by atoms with Gasteiger partial charge in [0, 0.05) is 47.2 Å². The number of benzene rings is 1. The molecule has 3 aromatic rings. The Labute approximate surface area is 183 Å². The quantitative estimate of drug-likeness (QED) is 0.304. The Morgan fingerprint density at radius 3 is 2.80 bits per heavy atom. The number of hydrogen-bond donors (Lipinski definition) is 1. The lowest BCUT2D eigenvalue weighted by atomic mass is 9.98. The average Bonchev–Trinajstić information content (AvgIpc) is 3.34. The van der Waals surface area contributed by atoms with Crippen LogP contribution < -0.4 is 8.73 Å². The molecule has 4 rings (SSSR count). The topological polar surface area (TPSA) is 58.2 Å². The van der Waals surface area contributed by atoms with Crippen molar-refractivity contribution in [3.8, 4) is 5.75 Å². The van der Waals surface area contributed by atoms with Crippen molar-refractivity contribution in [2.45, 2.75) is 38.9 Å². The fourth-order valence-electron chi connectivity index (χ4n) is 3.37. The van der Waals surface area contributed by atoms with Gasteiger partial charge in [-0.3, -0.25) is 9.78 Å². The Morgan fingerprint density at radius 2 is 2.10 bits per heavy atom. The molecule has 30 heavy (non-hydrogen) atoms. The van der Waals surface area contributed by atoms with Crippen LogP contribution in [0.1, 0.15) is 31.1 Å². The predicted octanol–water partition coefficient (Wildman–Crippen LogP) is 5.91. The molecule has 1 atom stereocenters. The lowest BCUT2D eigenvalue weighted by Crippen LogP contribution is -2.43. The molecule has 0 bridgehead atoms. The number of fused-ring (bicyclic) bond motifs is 1. The SMILES string of the molecule is CC(C)(C)[Si](C)(C)Oc1ccc2c(C(=O)C3CSN(c4cccnc4)C3)c[nH]c2c1. The number of hydrogen-bond acceptors (Lipinski definition) is 5. The van der Waals surface area contributed by atoms with Gasteiger partial charge in [0.2, 0.25) is 8.32 Å². The predicted molar refractivity (Wildman–Crippen MR) is 128 cm³/mol. The minimum Gasteiger partial charge on any atom is -0.543 e. The summed E-state index contributed by atoms with van der Waals surface area (Å²) < 4.78 is 8.59. The summed E-state index contributed by atoms with van der Waals surface area (Å²) in [7, 11) is -1.90. The molecular weight excluding hydrogens is 410 g/mol. The van der Waals surface area contributed by atoms with Gasteiger partial charge in [0.05, 0.1) is 17.8 Å². The third-order valence-corrected chi connectivity index (χ3v) is 11.8. The van der Waals surface area contributed by atoms with Crippen LogP contribution >= 0.6 is 11.9 Å². The third kappa shape index (κ3) is 4.00. The number of nitrogens with one attached hydrogen (secondary N) is 1. The van der Waals surface area contributed by atoms with Gasteiger partial charge in [-0.1, -0.05) is 20.8 Å². The maximum Gasteiger partial charge on any atom is 0.250 e. The van der Waals surface area contributed by atoms with Crippen LogP contribution in [0.2, 0.25) is 18.1 Å². The van der Waals surface area contributed by atoms with E-state index in [1.54, 1.807) is 18.1 Å². The molecule has 1 aliphatic rings. The van der Waals surface area contributed by atoms with Crippen molar-refractivity contribution in [3.63, 3.8) is 0 Å². The van der Waals surface area contributed by atoms with E-state index in [0.29, 0.717) is 6.54 Å². The Bertz CT molecular complexity index is 1060. The van der Waals surface area contributed by atoms with Gasteiger partial charge < -0.3 is 13.7 Å². The van der Waals surface area contributed by atoms with Crippen molar-refractivity contribution < 1.29 is 9.22 Å². The summed E-state index contributed by atoms with van der Waals surface area (Å²) >= 11 is 1.69. The number of carbonyl (C=O) groups excluding carboxylic acids is 1. The van der Waals surface area contributed by atoms with E-state index in [0.717, 1.165) is 33.7 Å². The molecule has 7 heteroatoms. The molecule has 158 valence electrons. The normalized spacial score (nSPS) is 17.5. The number of H-pyrrole nitrogens is 1. The molecule has 3 heterocycles. The van der Waals surface area contributed by atoms with Crippen molar-refractivity contribution in [2.75, 3.05) is 16.6 Å². The molecule has 0 aliphatic carbocycles. The number of nitrogens with zero attached hydrogens (tertiary/aromatic N) is 2. The van der Waals surface area contributed by atoms with E-state index >= 15 is 0 Å². The Hall–Kier alpha value is -2.25. The van der Waals surface area contributed by atoms with Gasteiger partial charge in [0.15, 0.2) is 5.78 Å². The molecular formula is C23H29N3O2SSi. The van der Waals surface area contributed by atoms with Gasteiger partial charge in [-0.25, -0.2) is 0 Å². The zero-order valence-corrected chi connectivity index (χ0v) is 20.0. The molecule has 1 unspecified atom stereocenters. The molecule has 1 saturated heterocycles. The van der Waals surface area contributed by atoms with Gasteiger partial charge in [-0.15, -0.1) is 0 Å². The molecule has 0 spiro atoms. The second kappa shape index (κ2) is 7.78. The summed E-state index contributed by atoms with van der Waals surface area (Å²) in [5, 5.41) is 1.10. The zero-order valence-electron chi connectivity index (χ0n) is 18.2. The summed E-state index contributed by atoms with van der Waals surface area (Å²) in [6.07, 6.45) is 5.46. The van der Waals surface area contributed by atoms with Crippen molar-refractivity contribution in [3.05, 3.63) is 54.5 Å². The van der Waals surface area contributed by atoms with Crippen molar-refractivity contribution in [1.82, 2.24) is 9.97 Å². The highest BCUT2D eigenvalue weighted by Gasteiger charge is 2.39. The third-order valence-electron chi connectivity index (χ3n) is 6.22. The van der Waals surface area contributed by atoms with Gasteiger partial charge >= 0.3 is 0 Å². The fraction of sp³-hybridized carbons (Fsp3) is 0.391. The first kappa shape index (κ1) is 21.0. The highest BCUT2D eigenvalue weighted by atomic mass is 32.2. The zero-order chi connectivity index (χ0) is 21.5. The second-order valence-electron chi connectivity index (χ2n) is 9.40. The van der Waals surface area contributed by atoms with Gasteiger partial charge in [-0.05, 0) is 54.3 Å². The van der Waals surface area contributed by atoms with Crippen LogP contribution in [0.25, 0.3) is 10.9 Å². The lowest BCUT2D eigenvalue weighted by molar-refractivity contribution is 0.0942. The second-order valence-corrected chi connectivity index (χ2v) is 15.2. The van der Waals surface area contributed by atoms with E-state index in [1.165, 1.54) is 0 Å². The number of Topliss-reactive ketones (excluding diaryl/α,β-unsaturated/α-hetero) is 1. The number of anilines is 1. The molecule has 0 amide bonds. The summed E-state index contributed by atoms with van der Waals surface area (Å²) in [6, 6.07) is 10.00. The number of pyridine rings is 1. The van der Waals surface area contributed by atoms with Gasteiger partial charge in [0.25, 0.3) is 0 Å². The summed E-state index contributed by atoms with van der Waals surface area (Å²) in [5.41, 5.74) is 2.76. The monoisotopic (exact) mass is 439 g/mol. The van der Waals surface area contributed by atoms with Crippen molar-refractivity contribution in [2.24, 2.45) is 5.92 Å². The minimum atomic E-state index is -1.90. The molecule has 1 aliphatic heterocycles. The Morgan fingerprint density at radius 1 is 1.30 bits per heavy atom. The lowest BCUT2D eigenvalue weighted by Gasteiger charge is -2.36. The summed E-state index contributed by atoms with van der Waals surface area (Å²) in [5.74, 6) is 1.82. The standard InChI is InChI=1S/C23H29N3O2SSi/c1-23(2,3)30(4,5)28-18-8-9-19-20(13-25-21(19)11-18)22(27)16-14-26(29-15-16)17-7-6-10-24-12-17/h6-13,16,25H,14-15H2,1-5H3. The molecule has 5 nitrogen and oxygen atoms in total. The minimum absolute atomic E-state index is 0.0302. The average molecular weight is 440 g/mol. The van der Waals surface area contributed by atoms with Crippen LogP contribution in [0.5, 0.6) is 5.75 Å². The Balaban J connectivity index is 1.52. The van der Waals surface area contributed by atoms with Crippen LogP contribution in [0.4, 0.5) is 5.69 Å². The van der Waals surface area contributed by atoms with E-state index in [1.807, 2.05) is 42.7 Å². The highest BCUT2D eigenvalue weighted by molar-refractivity contribution is 8.00. The number of aromatic nitrogens is 2. The molecule has 2 aromatic heterocycles. The number of carbonyl (C=O) groups is 1. The number of aromatic amines is 1. The van der Waals surface area contributed by atoms with Crippen LogP contribution in [-0.4, -0.2) is 36.4 Å². The molecule has 0 saturated carbocycles. The number of rotatable bonds is 5. The first-order valence-corrected chi connectivity index (χ1v) is 14.2. The Kier molecular flexibility index (Phi) is 5.44. The van der Waals surface area contributed by atoms with Gasteiger partial charge in [0.1, 0.15) is 5.75 Å². The van der Waals surface area contributed by atoms with Crippen LogP contribution in [0.15, 0.2) is 48.9 Å². The van der Waals surface area contributed by atoms with E-state index in [9.17, 15) is 4.79 Å². The summed E-state index contributed by atoms with van der Waals surface area (Å²) in [4.78, 5) is 20.7. The van der Waals surface area contributed by atoms with Crippen molar-refractivity contribution >= 4 is 42.6 Å². The van der Waals surface area contributed by atoms with E-state index in [2.05, 4.69) is 48.1 Å². The maximum absolute atomic E-state index is 13.2. The smallest absolute Gasteiger partial charge is 0.250 e. The summed E-state index contributed by atoms with van der Waals surface area (Å²) in [6.45, 7) is 11.9. The highest BCUT2D eigenvalue weighted by Crippen LogP contribution is 2.38. The molecule has 1 N–H and O–H groups in total. The number of ketones is 1.